The molecule has 100 valence electrons. The number of hydrogen-bond donors (Lipinski definition) is 1. The highest BCUT2D eigenvalue weighted by Gasteiger charge is 2.39. The molecule has 17 heavy (non-hydrogen) atoms. The number of hydrogen-bond acceptors (Lipinski definition) is 2. The Balaban J connectivity index is 1.99. The van der Waals surface area contributed by atoms with Crippen molar-refractivity contribution in [3.63, 3.8) is 0 Å². The third kappa shape index (κ3) is 3.41. The molecule has 3 unspecified atom stereocenters. The summed E-state index contributed by atoms with van der Waals surface area (Å²) in [6, 6.07) is 0. The Morgan fingerprint density at radius 1 is 1.12 bits per heavy atom. The van der Waals surface area contributed by atoms with E-state index in [1.165, 1.54) is 45.1 Å². The molecule has 2 heteroatoms. The van der Waals surface area contributed by atoms with Gasteiger partial charge in [-0.3, -0.25) is 0 Å². The maximum atomic E-state index is 3.84. The standard InChI is InChI=1S/C15H29NS/c1-12-8-11-16-15(17-12)9-5-6-13(7-10-15)14(2,3)4/h12-13,16H,5-11H2,1-4H3. The van der Waals surface area contributed by atoms with E-state index in [1.54, 1.807) is 0 Å². The topological polar surface area (TPSA) is 12.0 Å². The van der Waals surface area contributed by atoms with E-state index in [0.717, 1.165) is 11.2 Å². The fraction of sp³-hybridized carbons (Fsp3) is 1.00. The van der Waals surface area contributed by atoms with Gasteiger partial charge in [0.1, 0.15) is 0 Å². The second kappa shape index (κ2) is 5.13. The first kappa shape index (κ1) is 13.7. The molecular weight excluding hydrogens is 226 g/mol. The van der Waals surface area contributed by atoms with Gasteiger partial charge >= 0.3 is 0 Å². The SMILES string of the molecule is CC1CCNC2(CCCC(C(C)(C)C)CC2)S1. The van der Waals surface area contributed by atoms with Crippen LogP contribution >= 0.6 is 11.8 Å². The van der Waals surface area contributed by atoms with Crippen molar-refractivity contribution in [1.29, 1.82) is 0 Å². The average molecular weight is 255 g/mol. The largest absolute Gasteiger partial charge is 0.303 e. The molecule has 1 N–H and O–H groups in total. The summed E-state index contributed by atoms with van der Waals surface area (Å²) in [4.78, 5) is 0.428. The molecule has 0 amide bonds. The van der Waals surface area contributed by atoms with Crippen molar-refractivity contribution in [2.24, 2.45) is 11.3 Å². The highest BCUT2D eigenvalue weighted by molar-refractivity contribution is 8.01. The molecule has 0 aromatic rings. The lowest BCUT2D eigenvalue weighted by Gasteiger charge is -2.40. The highest BCUT2D eigenvalue weighted by Crippen LogP contribution is 2.46. The summed E-state index contributed by atoms with van der Waals surface area (Å²) in [5.41, 5.74) is 0.497. The predicted molar refractivity (Wildman–Crippen MR) is 78.4 cm³/mol. The number of nitrogens with one attached hydrogen (secondary N) is 1. The third-order valence-corrected chi connectivity index (χ3v) is 6.32. The van der Waals surface area contributed by atoms with Crippen molar-refractivity contribution < 1.29 is 0 Å². The summed E-state index contributed by atoms with van der Waals surface area (Å²) >= 11 is 2.22. The first-order valence-electron chi connectivity index (χ1n) is 7.34. The van der Waals surface area contributed by atoms with Gasteiger partial charge in [-0.1, -0.05) is 34.1 Å². The molecule has 2 fully saturated rings. The number of rotatable bonds is 0. The van der Waals surface area contributed by atoms with E-state index in [4.69, 9.17) is 0 Å². The molecule has 1 saturated heterocycles. The summed E-state index contributed by atoms with van der Waals surface area (Å²) in [6.45, 7) is 10.9. The van der Waals surface area contributed by atoms with Crippen LogP contribution in [0.4, 0.5) is 0 Å². The first-order chi connectivity index (χ1) is 7.91. The molecule has 2 rings (SSSR count). The van der Waals surface area contributed by atoms with Crippen LogP contribution in [0.5, 0.6) is 0 Å². The van der Waals surface area contributed by atoms with E-state index in [1.807, 2.05) is 0 Å². The second-order valence-corrected chi connectivity index (χ2v) is 8.95. The lowest BCUT2D eigenvalue weighted by molar-refractivity contribution is 0.212. The van der Waals surface area contributed by atoms with E-state index < -0.39 is 0 Å². The Bertz CT molecular complexity index is 258. The Morgan fingerprint density at radius 3 is 2.53 bits per heavy atom. The molecule has 1 nitrogen and oxygen atoms in total. The van der Waals surface area contributed by atoms with Gasteiger partial charge in [-0.05, 0) is 50.0 Å². The van der Waals surface area contributed by atoms with Gasteiger partial charge in [-0.15, -0.1) is 11.8 Å². The highest BCUT2D eigenvalue weighted by atomic mass is 32.2. The minimum Gasteiger partial charge on any atom is -0.303 e. The van der Waals surface area contributed by atoms with Gasteiger partial charge in [-0.2, -0.15) is 0 Å². The van der Waals surface area contributed by atoms with E-state index >= 15 is 0 Å². The van der Waals surface area contributed by atoms with Crippen LogP contribution in [0.1, 0.15) is 66.2 Å². The maximum Gasteiger partial charge on any atom is 0.0648 e. The van der Waals surface area contributed by atoms with Gasteiger partial charge in [-0.25, -0.2) is 0 Å². The fourth-order valence-corrected chi connectivity index (χ4v) is 5.15. The fourth-order valence-electron chi connectivity index (χ4n) is 3.46. The molecule has 1 heterocycles. The van der Waals surface area contributed by atoms with E-state index in [2.05, 4.69) is 44.8 Å². The van der Waals surface area contributed by atoms with Crippen LogP contribution in [-0.4, -0.2) is 16.7 Å². The van der Waals surface area contributed by atoms with Crippen LogP contribution in [0.3, 0.4) is 0 Å². The van der Waals surface area contributed by atoms with Gasteiger partial charge in [0.2, 0.25) is 0 Å². The molecular formula is C15H29NS. The molecule has 3 atom stereocenters. The minimum absolute atomic E-state index is 0.428. The number of thioether (sulfide) groups is 1. The maximum absolute atomic E-state index is 3.84. The van der Waals surface area contributed by atoms with Crippen LogP contribution in [0.25, 0.3) is 0 Å². The predicted octanol–water partition coefficient (Wildman–Crippen LogP) is 4.42. The van der Waals surface area contributed by atoms with Gasteiger partial charge in [0.15, 0.2) is 0 Å². The van der Waals surface area contributed by atoms with Crippen LogP contribution < -0.4 is 5.32 Å². The Morgan fingerprint density at radius 2 is 1.88 bits per heavy atom. The molecule has 1 saturated carbocycles. The van der Waals surface area contributed by atoms with Crippen LogP contribution in [0.15, 0.2) is 0 Å². The lowest BCUT2D eigenvalue weighted by atomic mass is 9.76. The smallest absolute Gasteiger partial charge is 0.0648 e. The molecule has 0 radical (unpaired) electrons. The summed E-state index contributed by atoms with van der Waals surface area (Å²) in [6.07, 6.45) is 8.36. The van der Waals surface area contributed by atoms with Crippen molar-refractivity contribution in [3.05, 3.63) is 0 Å². The van der Waals surface area contributed by atoms with E-state index in [9.17, 15) is 0 Å². The molecule has 1 spiro atoms. The Labute approximate surface area is 112 Å². The van der Waals surface area contributed by atoms with Crippen molar-refractivity contribution in [2.75, 3.05) is 6.54 Å². The minimum atomic E-state index is 0.428. The monoisotopic (exact) mass is 255 g/mol. The third-order valence-electron chi connectivity index (χ3n) is 4.68. The summed E-state index contributed by atoms with van der Waals surface area (Å²) in [7, 11) is 0. The summed E-state index contributed by atoms with van der Waals surface area (Å²) < 4.78 is 0. The average Bonchev–Trinajstić information content (AvgIpc) is 2.40. The van der Waals surface area contributed by atoms with Crippen molar-refractivity contribution in [1.82, 2.24) is 5.32 Å². The van der Waals surface area contributed by atoms with Crippen molar-refractivity contribution in [3.8, 4) is 0 Å². The van der Waals surface area contributed by atoms with E-state index in [-0.39, 0.29) is 0 Å². The Hall–Kier alpha value is 0.310. The lowest BCUT2D eigenvalue weighted by Crippen LogP contribution is -2.47. The normalized spacial score (nSPS) is 40.2. The first-order valence-corrected chi connectivity index (χ1v) is 8.22. The molecule has 2 aliphatic rings. The molecule has 0 aromatic carbocycles. The van der Waals surface area contributed by atoms with Gasteiger partial charge in [0, 0.05) is 5.25 Å². The van der Waals surface area contributed by atoms with Gasteiger partial charge in [0.25, 0.3) is 0 Å². The van der Waals surface area contributed by atoms with Crippen LogP contribution in [0.2, 0.25) is 0 Å². The van der Waals surface area contributed by atoms with Crippen molar-refractivity contribution in [2.45, 2.75) is 76.3 Å². The van der Waals surface area contributed by atoms with Crippen LogP contribution in [-0.2, 0) is 0 Å². The second-order valence-electron chi connectivity index (χ2n) is 7.13. The summed E-state index contributed by atoms with van der Waals surface area (Å²) in [5, 5.41) is 4.69. The zero-order valence-corrected chi connectivity index (χ0v) is 12.8. The summed E-state index contributed by atoms with van der Waals surface area (Å²) in [5.74, 6) is 0.918. The zero-order chi connectivity index (χ0) is 12.5. The van der Waals surface area contributed by atoms with E-state index in [0.29, 0.717) is 10.3 Å². The molecule has 1 aliphatic carbocycles. The molecule has 1 aliphatic heterocycles. The van der Waals surface area contributed by atoms with Crippen molar-refractivity contribution >= 4 is 11.8 Å². The zero-order valence-electron chi connectivity index (χ0n) is 12.0. The van der Waals surface area contributed by atoms with Gasteiger partial charge in [0.05, 0.1) is 4.87 Å². The quantitative estimate of drug-likeness (QED) is 0.687. The molecule has 0 aromatic heterocycles. The Kier molecular flexibility index (Phi) is 4.14. The molecule has 0 bridgehead atoms. The van der Waals surface area contributed by atoms with Gasteiger partial charge < -0.3 is 5.32 Å². The van der Waals surface area contributed by atoms with Crippen LogP contribution in [0, 0.1) is 11.3 Å².